The number of hydrogen-bond donors (Lipinski definition) is 1. The maximum Gasteiger partial charge on any atom is 0.175 e. The summed E-state index contributed by atoms with van der Waals surface area (Å²) in [4.78, 5) is 0.331. The molecular weight excluding hydrogens is 302 g/mol. The van der Waals surface area contributed by atoms with Crippen molar-refractivity contribution >= 4 is 33.2 Å². The van der Waals surface area contributed by atoms with Crippen LogP contribution in [0.3, 0.4) is 0 Å². The molecule has 0 amide bonds. The second-order valence-electron chi connectivity index (χ2n) is 4.76. The lowest BCUT2D eigenvalue weighted by atomic mass is 10.1. The van der Waals surface area contributed by atoms with Gasteiger partial charge in [0, 0.05) is 29.4 Å². The van der Waals surface area contributed by atoms with Gasteiger partial charge in [0.1, 0.15) is 0 Å². The number of hydrogen-bond acceptors (Lipinski definition) is 4. The van der Waals surface area contributed by atoms with Gasteiger partial charge >= 0.3 is 0 Å². The van der Waals surface area contributed by atoms with Gasteiger partial charge in [-0.1, -0.05) is 17.7 Å². The standard InChI is InChI=1S/C13H18ClNO2S2/c1-19(16,17)13-4-2-3-12(14)11(13)9-15-10-5-7-18-8-6-10/h2-4,10,15H,5-9H2,1H3. The quantitative estimate of drug-likeness (QED) is 0.927. The Bertz CT molecular complexity index is 540. The molecule has 1 saturated heterocycles. The number of rotatable bonds is 4. The summed E-state index contributed by atoms with van der Waals surface area (Å²) in [6, 6.07) is 5.50. The van der Waals surface area contributed by atoms with Crippen LogP contribution in [-0.4, -0.2) is 32.2 Å². The Kier molecular flexibility index (Phi) is 5.17. The number of sulfone groups is 1. The number of thioether (sulfide) groups is 1. The molecule has 0 saturated carbocycles. The van der Waals surface area contributed by atoms with Crippen molar-refractivity contribution in [1.82, 2.24) is 5.32 Å². The lowest BCUT2D eigenvalue weighted by Crippen LogP contribution is -2.32. The van der Waals surface area contributed by atoms with Crippen LogP contribution in [0.15, 0.2) is 23.1 Å². The van der Waals surface area contributed by atoms with Crippen LogP contribution in [0.25, 0.3) is 0 Å². The molecular formula is C13H18ClNO2S2. The van der Waals surface area contributed by atoms with Gasteiger partial charge in [-0.25, -0.2) is 8.42 Å². The van der Waals surface area contributed by atoms with E-state index in [9.17, 15) is 8.42 Å². The fourth-order valence-electron chi connectivity index (χ4n) is 2.21. The van der Waals surface area contributed by atoms with Gasteiger partial charge in [-0.2, -0.15) is 11.8 Å². The molecule has 0 atom stereocenters. The van der Waals surface area contributed by atoms with Gasteiger partial charge < -0.3 is 5.32 Å². The van der Waals surface area contributed by atoms with Crippen molar-refractivity contribution in [1.29, 1.82) is 0 Å². The highest BCUT2D eigenvalue weighted by Gasteiger charge is 2.18. The van der Waals surface area contributed by atoms with Crippen LogP contribution in [0.2, 0.25) is 5.02 Å². The predicted molar refractivity (Wildman–Crippen MR) is 81.7 cm³/mol. The molecule has 3 nitrogen and oxygen atoms in total. The summed E-state index contributed by atoms with van der Waals surface area (Å²) in [5.74, 6) is 2.33. The molecule has 0 aliphatic carbocycles. The molecule has 1 N–H and O–H groups in total. The summed E-state index contributed by atoms with van der Waals surface area (Å²) in [6.45, 7) is 0.511. The van der Waals surface area contributed by atoms with E-state index in [1.54, 1.807) is 18.2 Å². The van der Waals surface area contributed by atoms with E-state index in [1.807, 2.05) is 11.8 Å². The summed E-state index contributed by atoms with van der Waals surface area (Å²) in [7, 11) is -3.24. The highest BCUT2D eigenvalue weighted by atomic mass is 35.5. The van der Waals surface area contributed by atoms with Gasteiger partial charge in [-0.05, 0) is 36.5 Å². The van der Waals surface area contributed by atoms with E-state index in [4.69, 9.17) is 11.6 Å². The zero-order valence-electron chi connectivity index (χ0n) is 10.9. The van der Waals surface area contributed by atoms with E-state index in [2.05, 4.69) is 5.32 Å². The summed E-state index contributed by atoms with van der Waals surface area (Å²) < 4.78 is 23.5. The molecule has 1 aromatic rings. The Morgan fingerprint density at radius 1 is 1.37 bits per heavy atom. The van der Waals surface area contributed by atoms with E-state index in [-0.39, 0.29) is 0 Å². The third kappa shape index (κ3) is 4.12. The molecule has 1 fully saturated rings. The first-order chi connectivity index (χ1) is 8.98. The van der Waals surface area contributed by atoms with Gasteiger partial charge in [0.05, 0.1) is 4.90 Å². The average molecular weight is 320 g/mol. The molecule has 0 aromatic heterocycles. The Morgan fingerprint density at radius 3 is 2.68 bits per heavy atom. The van der Waals surface area contributed by atoms with Crippen LogP contribution in [0.5, 0.6) is 0 Å². The van der Waals surface area contributed by atoms with Crippen molar-refractivity contribution in [2.75, 3.05) is 17.8 Å². The lowest BCUT2D eigenvalue weighted by molar-refractivity contribution is 0.479. The zero-order valence-corrected chi connectivity index (χ0v) is 13.2. The zero-order chi connectivity index (χ0) is 13.9. The van der Waals surface area contributed by atoms with Crippen LogP contribution in [0.4, 0.5) is 0 Å². The molecule has 0 bridgehead atoms. The monoisotopic (exact) mass is 319 g/mol. The third-order valence-electron chi connectivity index (χ3n) is 3.26. The smallest absolute Gasteiger partial charge is 0.175 e. The molecule has 0 spiro atoms. The van der Waals surface area contributed by atoms with Crippen LogP contribution in [0.1, 0.15) is 18.4 Å². The van der Waals surface area contributed by atoms with Gasteiger partial charge in [0.25, 0.3) is 0 Å². The molecule has 0 radical (unpaired) electrons. The number of benzene rings is 1. The molecule has 1 aromatic carbocycles. The van der Waals surface area contributed by atoms with Crippen molar-refractivity contribution in [3.05, 3.63) is 28.8 Å². The van der Waals surface area contributed by atoms with Gasteiger partial charge in [0.2, 0.25) is 0 Å². The molecule has 2 rings (SSSR count). The van der Waals surface area contributed by atoms with E-state index in [0.717, 1.165) is 12.8 Å². The first-order valence-electron chi connectivity index (χ1n) is 6.27. The number of halogens is 1. The topological polar surface area (TPSA) is 46.2 Å². The largest absolute Gasteiger partial charge is 0.310 e. The van der Waals surface area contributed by atoms with E-state index >= 15 is 0 Å². The van der Waals surface area contributed by atoms with E-state index in [0.29, 0.717) is 28.1 Å². The van der Waals surface area contributed by atoms with E-state index in [1.165, 1.54) is 17.8 Å². The summed E-state index contributed by atoms with van der Waals surface area (Å²) in [6.07, 6.45) is 3.48. The third-order valence-corrected chi connectivity index (χ3v) is 5.85. The Balaban J connectivity index is 2.15. The summed E-state index contributed by atoms with van der Waals surface area (Å²) >= 11 is 8.11. The Morgan fingerprint density at radius 2 is 2.05 bits per heavy atom. The van der Waals surface area contributed by atoms with Crippen molar-refractivity contribution < 1.29 is 8.42 Å². The molecule has 0 unspecified atom stereocenters. The molecule has 1 heterocycles. The van der Waals surface area contributed by atoms with Gasteiger partial charge in [0.15, 0.2) is 9.84 Å². The second-order valence-corrected chi connectivity index (χ2v) is 8.37. The van der Waals surface area contributed by atoms with Gasteiger partial charge in [-0.3, -0.25) is 0 Å². The molecule has 6 heteroatoms. The Hall–Kier alpha value is -0.230. The van der Waals surface area contributed by atoms with Crippen LogP contribution in [-0.2, 0) is 16.4 Å². The fourth-order valence-corrected chi connectivity index (χ4v) is 4.57. The molecule has 19 heavy (non-hydrogen) atoms. The van der Waals surface area contributed by atoms with E-state index < -0.39 is 9.84 Å². The Labute approximate surface area is 124 Å². The second kappa shape index (κ2) is 6.48. The predicted octanol–water partition coefficient (Wildman–Crippen LogP) is 2.73. The van der Waals surface area contributed by atoms with Crippen molar-refractivity contribution in [2.45, 2.75) is 30.3 Å². The first kappa shape index (κ1) is 15.2. The number of nitrogens with one attached hydrogen (secondary N) is 1. The van der Waals surface area contributed by atoms with Crippen molar-refractivity contribution in [3.8, 4) is 0 Å². The minimum atomic E-state index is -3.24. The fraction of sp³-hybridized carbons (Fsp3) is 0.538. The van der Waals surface area contributed by atoms with Crippen LogP contribution < -0.4 is 5.32 Å². The molecule has 1 aliphatic heterocycles. The summed E-state index contributed by atoms with van der Waals surface area (Å²) in [5.41, 5.74) is 0.685. The highest BCUT2D eigenvalue weighted by molar-refractivity contribution is 7.99. The SMILES string of the molecule is CS(=O)(=O)c1cccc(Cl)c1CNC1CCSCC1. The van der Waals surface area contributed by atoms with Gasteiger partial charge in [-0.15, -0.1) is 0 Å². The van der Waals surface area contributed by atoms with Crippen molar-refractivity contribution in [2.24, 2.45) is 0 Å². The highest BCUT2D eigenvalue weighted by Crippen LogP contribution is 2.25. The molecule has 1 aliphatic rings. The van der Waals surface area contributed by atoms with Crippen molar-refractivity contribution in [3.63, 3.8) is 0 Å². The molecule has 106 valence electrons. The van der Waals surface area contributed by atoms with Crippen LogP contribution in [0, 0.1) is 0 Å². The summed E-state index contributed by atoms with van der Waals surface area (Å²) in [5, 5.41) is 3.94. The average Bonchev–Trinajstić information content (AvgIpc) is 2.37. The first-order valence-corrected chi connectivity index (χ1v) is 9.69. The minimum Gasteiger partial charge on any atom is -0.310 e. The van der Waals surface area contributed by atoms with Crippen LogP contribution >= 0.6 is 23.4 Å². The maximum absolute atomic E-state index is 11.8. The lowest BCUT2D eigenvalue weighted by Gasteiger charge is -2.23. The maximum atomic E-state index is 11.8. The minimum absolute atomic E-state index is 0.331. The normalized spacial score (nSPS) is 17.6.